The number of ether oxygens (including phenoxy) is 1. The highest BCUT2D eigenvalue weighted by atomic mass is 16.6. The molecule has 0 saturated carbocycles. The predicted molar refractivity (Wildman–Crippen MR) is 117 cm³/mol. The smallest absolute Gasteiger partial charge is 0.265 e. The van der Waals surface area contributed by atoms with E-state index in [0.717, 1.165) is 22.4 Å². The zero-order chi connectivity index (χ0) is 21.6. The first-order chi connectivity index (χ1) is 15.1. The Labute approximate surface area is 182 Å². The van der Waals surface area contributed by atoms with Crippen molar-refractivity contribution in [3.05, 3.63) is 71.3 Å². The van der Waals surface area contributed by atoms with Crippen LogP contribution in [0.3, 0.4) is 0 Å². The normalized spacial score (nSPS) is 19.3. The fraction of sp³-hybridized carbons (Fsp3) is 0.375. The van der Waals surface area contributed by atoms with E-state index >= 15 is 0 Å². The van der Waals surface area contributed by atoms with Gasteiger partial charge in [0.2, 0.25) is 12.0 Å². The van der Waals surface area contributed by atoms with Gasteiger partial charge in [-0.15, -0.1) is 0 Å². The molecule has 4 rings (SSSR count). The highest BCUT2D eigenvalue weighted by Crippen LogP contribution is 2.20. The maximum absolute atomic E-state index is 13.2. The average molecular weight is 421 g/mol. The molecule has 2 aliphatic rings. The molecule has 2 aliphatic heterocycles. The van der Waals surface area contributed by atoms with E-state index in [1.807, 2.05) is 61.5 Å². The number of oxime groups is 1. The van der Waals surface area contributed by atoms with Crippen LogP contribution in [0.25, 0.3) is 0 Å². The summed E-state index contributed by atoms with van der Waals surface area (Å²) in [7, 11) is 0. The van der Waals surface area contributed by atoms with Gasteiger partial charge >= 0.3 is 0 Å². The molecule has 2 unspecified atom stereocenters. The van der Waals surface area contributed by atoms with Crippen molar-refractivity contribution in [1.82, 2.24) is 10.2 Å². The van der Waals surface area contributed by atoms with Gasteiger partial charge in [0.15, 0.2) is 0 Å². The summed E-state index contributed by atoms with van der Waals surface area (Å²) in [5.41, 5.74) is 3.79. The Hall–Kier alpha value is -3.19. The first-order valence-corrected chi connectivity index (χ1v) is 10.6. The van der Waals surface area contributed by atoms with E-state index in [4.69, 9.17) is 9.57 Å². The van der Waals surface area contributed by atoms with Crippen LogP contribution in [0.15, 0.2) is 59.8 Å². The zero-order valence-electron chi connectivity index (χ0n) is 17.6. The Balaban J connectivity index is 1.44. The SMILES string of the molecule is Cc1ccccc1C1=NOC(C(=O)NC(Cc2ccccc2)C(=O)N2CCOCC2)C1. The van der Waals surface area contributed by atoms with Gasteiger partial charge in [0.25, 0.3) is 5.91 Å². The lowest BCUT2D eigenvalue weighted by atomic mass is 9.99. The maximum Gasteiger partial charge on any atom is 0.265 e. The number of amides is 2. The standard InChI is InChI=1S/C24H27N3O4/c1-17-7-5-6-10-19(17)20-16-22(31-26-20)23(28)25-21(15-18-8-3-2-4-9-18)24(29)27-11-13-30-14-12-27/h2-10,21-22H,11-16H2,1H3,(H,25,28). The number of morpholine rings is 1. The van der Waals surface area contributed by atoms with E-state index in [-0.39, 0.29) is 11.8 Å². The van der Waals surface area contributed by atoms with Crippen LogP contribution in [-0.2, 0) is 25.6 Å². The number of hydrogen-bond donors (Lipinski definition) is 1. The second kappa shape index (κ2) is 9.75. The molecular weight excluding hydrogens is 394 g/mol. The Bertz CT molecular complexity index is 954. The van der Waals surface area contributed by atoms with Crippen LogP contribution in [0.4, 0.5) is 0 Å². The minimum Gasteiger partial charge on any atom is -0.382 e. The minimum absolute atomic E-state index is 0.0986. The molecule has 1 saturated heterocycles. The quantitative estimate of drug-likeness (QED) is 0.775. The summed E-state index contributed by atoms with van der Waals surface area (Å²) in [5, 5.41) is 7.06. The lowest BCUT2D eigenvalue weighted by Crippen LogP contribution is -2.54. The first-order valence-electron chi connectivity index (χ1n) is 10.6. The van der Waals surface area contributed by atoms with Crippen LogP contribution in [0.2, 0.25) is 0 Å². The number of nitrogens with one attached hydrogen (secondary N) is 1. The fourth-order valence-corrected chi connectivity index (χ4v) is 3.89. The molecular formula is C24H27N3O4. The number of rotatable bonds is 6. The molecule has 7 heteroatoms. The molecule has 0 radical (unpaired) electrons. The van der Waals surface area contributed by atoms with E-state index < -0.39 is 12.1 Å². The van der Waals surface area contributed by atoms with Gasteiger partial charge in [-0.2, -0.15) is 0 Å². The topological polar surface area (TPSA) is 80.2 Å². The summed E-state index contributed by atoms with van der Waals surface area (Å²) in [6.45, 7) is 4.08. The van der Waals surface area contributed by atoms with E-state index in [2.05, 4.69) is 10.5 Å². The summed E-state index contributed by atoms with van der Waals surface area (Å²) in [5.74, 6) is -0.423. The molecule has 2 aromatic carbocycles. The molecule has 2 heterocycles. The van der Waals surface area contributed by atoms with Gasteiger partial charge in [-0.3, -0.25) is 9.59 Å². The summed E-state index contributed by atoms with van der Waals surface area (Å²) < 4.78 is 5.36. The second-order valence-electron chi connectivity index (χ2n) is 7.84. The summed E-state index contributed by atoms with van der Waals surface area (Å²) in [4.78, 5) is 33.4. The highest BCUT2D eigenvalue weighted by molar-refractivity contribution is 6.05. The van der Waals surface area contributed by atoms with Crippen molar-refractivity contribution in [2.24, 2.45) is 5.16 Å². The lowest BCUT2D eigenvalue weighted by molar-refractivity contribution is -0.142. The van der Waals surface area contributed by atoms with Crippen molar-refractivity contribution >= 4 is 17.5 Å². The van der Waals surface area contributed by atoms with E-state index in [0.29, 0.717) is 39.1 Å². The molecule has 2 aromatic rings. The van der Waals surface area contributed by atoms with Crippen LogP contribution in [0.5, 0.6) is 0 Å². The van der Waals surface area contributed by atoms with Crippen LogP contribution < -0.4 is 5.32 Å². The largest absolute Gasteiger partial charge is 0.382 e. The molecule has 2 atom stereocenters. The van der Waals surface area contributed by atoms with Crippen molar-refractivity contribution in [1.29, 1.82) is 0 Å². The number of carbonyl (C=O) groups excluding carboxylic acids is 2. The Morgan fingerprint density at radius 1 is 1.10 bits per heavy atom. The number of carbonyl (C=O) groups is 2. The van der Waals surface area contributed by atoms with Gasteiger partial charge < -0.3 is 19.8 Å². The van der Waals surface area contributed by atoms with E-state index in [9.17, 15) is 9.59 Å². The second-order valence-corrected chi connectivity index (χ2v) is 7.84. The molecule has 1 N–H and O–H groups in total. The number of nitrogens with zero attached hydrogens (tertiary/aromatic N) is 2. The predicted octanol–water partition coefficient (Wildman–Crippen LogP) is 2.07. The van der Waals surface area contributed by atoms with E-state index in [1.54, 1.807) is 4.90 Å². The highest BCUT2D eigenvalue weighted by Gasteiger charge is 2.34. The monoisotopic (exact) mass is 421 g/mol. The summed E-state index contributed by atoms with van der Waals surface area (Å²) >= 11 is 0. The van der Waals surface area contributed by atoms with Crippen molar-refractivity contribution < 1.29 is 19.2 Å². The molecule has 0 bridgehead atoms. The van der Waals surface area contributed by atoms with Crippen molar-refractivity contribution in [2.45, 2.75) is 31.9 Å². The molecule has 0 aromatic heterocycles. The van der Waals surface area contributed by atoms with Crippen molar-refractivity contribution in [3.8, 4) is 0 Å². The Morgan fingerprint density at radius 2 is 1.81 bits per heavy atom. The van der Waals surface area contributed by atoms with Crippen molar-refractivity contribution in [2.75, 3.05) is 26.3 Å². The molecule has 1 fully saturated rings. The number of aryl methyl sites for hydroxylation is 1. The molecule has 0 spiro atoms. The van der Waals surface area contributed by atoms with Gasteiger partial charge in [-0.1, -0.05) is 59.8 Å². The zero-order valence-corrected chi connectivity index (χ0v) is 17.6. The van der Waals surface area contributed by atoms with Gasteiger partial charge in [-0.25, -0.2) is 0 Å². The molecule has 0 aliphatic carbocycles. The van der Waals surface area contributed by atoms with Gasteiger partial charge in [0.1, 0.15) is 6.04 Å². The number of benzene rings is 2. The first kappa shape index (κ1) is 21.1. The van der Waals surface area contributed by atoms with E-state index in [1.165, 1.54) is 0 Å². The maximum atomic E-state index is 13.2. The summed E-state index contributed by atoms with van der Waals surface area (Å²) in [6.07, 6.45) is 0.0481. The van der Waals surface area contributed by atoms with Crippen LogP contribution in [-0.4, -0.2) is 60.9 Å². The summed E-state index contributed by atoms with van der Waals surface area (Å²) in [6, 6.07) is 16.9. The molecule has 7 nitrogen and oxygen atoms in total. The van der Waals surface area contributed by atoms with Gasteiger partial charge in [-0.05, 0) is 18.1 Å². The third-order valence-corrected chi connectivity index (χ3v) is 5.64. The third kappa shape index (κ3) is 5.11. The van der Waals surface area contributed by atoms with Gasteiger partial charge in [0.05, 0.1) is 18.9 Å². The molecule has 31 heavy (non-hydrogen) atoms. The lowest BCUT2D eigenvalue weighted by Gasteiger charge is -2.31. The number of hydrogen-bond acceptors (Lipinski definition) is 5. The van der Waals surface area contributed by atoms with Gasteiger partial charge in [0, 0.05) is 31.5 Å². The fourth-order valence-electron chi connectivity index (χ4n) is 3.89. The van der Waals surface area contributed by atoms with Crippen LogP contribution in [0.1, 0.15) is 23.1 Å². The minimum atomic E-state index is -0.745. The van der Waals surface area contributed by atoms with Crippen LogP contribution >= 0.6 is 0 Å². The Kier molecular flexibility index (Phi) is 6.62. The van der Waals surface area contributed by atoms with Crippen LogP contribution in [0, 0.1) is 6.92 Å². The average Bonchev–Trinajstić information content (AvgIpc) is 3.30. The Morgan fingerprint density at radius 3 is 2.55 bits per heavy atom. The third-order valence-electron chi connectivity index (χ3n) is 5.64. The molecule has 162 valence electrons. The van der Waals surface area contributed by atoms with Crippen molar-refractivity contribution in [3.63, 3.8) is 0 Å². The molecule has 2 amide bonds.